The molecule has 0 aromatic heterocycles. The van der Waals surface area contributed by atoms with E-state index in [0.29, 0.717) is 17.1 Å². The van der Waals surface area contributed by atoms with Crippen molar-refractivity contribution < 1.29 is 24.2 Å². The van der Waals surface area contributed by atoms with Crippen molar-refractivity contribution in [2.45, 2.75) is 0 Å². The van der Waals surface area contributed by atoms with Crippen LogP contribution < -0.4 is 9.47 Å². The van der Waals surface area contributed by atoms with E-state index >= 15 is 0 Å². The standard InChI is InChI=1S/C12H15NO5/c1-13(7-11(14)15)12(16)8-4-9(17-2)6-10(5-8)18-3/h4-6H,7H2,1-3H3,(H,14,15). The molecule has 98 valence electrons. The van der Waals surface area contributed by atoms with Crippen LogP contribution in [0.4, 0.5) is 0 Å². The molecule has 0 heterocycles. The second-order valence-electron chi connectivity index (χ2n) is 3.66. The van der Waals surface area contributed by atoms with Crippen molar-refractivity contribution in [2.24, 2.45) is 0 Å². The minimum Gasteiger partial charge on any atom is -0.497 e. The lowest BCUT2D eigenvalue weighted by Crippen LogP contribution is -2.31. The van der Waals surface area contributed by atoms with Gasteiger partial charge in [0.25, 0.3) is 5.91 Å². The van der Waals surface area contributed by atoms with Crippen molar-refractivity contribution in [2.75, 3.05) is 27.8 Å². The number of amides is 1. The summed E-state index contributed by atoms with van der Waals surface area (Å²) in [6.45, 7) is -0.363. The van der Waals surface area contributed by atoms with Crippen LogP contribution in [-0.4, -0.2) is 49.7 Å². The lowest BCUT2D eigenvalue weighted by atomic mass is 10.1. The smallest absolute Gasteiger partial charge is 0.323 e. The van der Waals surface area contributed by atoms with Crippen LogP contribution in [0.2, 0.25) is 0 Å². The summed E-state index contributed by atoms with van der Waals surface area (Å²) in [6.07, 6.45) is 0. The molecule has 1 N–H and O–H groups in total. The Hall–Kier alpha value is -2.24. The zero-order valence-corrected chi connectivity index (χ0v) is 10.5. The maximum atomic E-state index is 12.0. The van der Waals surface area contributed by atoms with Crippen LogP contribution in [-0.2, 0) is 4.79 Å². The van der Waals surface area contributed by atoms with Gasteiger partial charge in [-0.25, -0.2) is 0 Å². The first-order valence-electron chi connectivity index (χ1n) is 5.18. The molecule has 1 aromatic carbocycles. The molecule has 18 heavy (non-hydrogen) atoms. The van der Waals surface area contributed by atoms with Crippen molar-refractivity contribution >= 4 is 11.9 Å². The minimum atomic E-state index is -1.07. The monoisotopic (exact) mass is 253 g/mol. The first-order valence-corrected chi connectivity index (χ1v) is 5.18. The topological polar surface area (TPSA) is 76.1 Å². The molecular formula is C12H15NO5. The zero-order chi connectivity index (χ0) is 13.7. The molecule has 6 nitrogen and oxygen atoms in total. The van der Waals surface area contributed by atoms with E-state index in [2.05, 4.69) is 0 Å². The predicted octanol–water partition coefficient (Wildman–Crippen LogP) is 0.860. The molecular weight excluding hydrogens is 238 g/mol. The van der Waals surface area contributed by atoms with Crippen molar-refractivity contribution in [1.29, 1.82) is 0 Å². The lowest BCUT2D eigenvalue weighted by Gasteiger charge is -2.15. The van der Waals surface area contributed by atoms with E-state index in [1.54, 1.807) is 6.07 Å². The molecule has 1 rings (SSSR count). The quantitative estimate of drug-likeness (QED) is 0.842. The molecule has 1 amide bonds. The summed E-state index contributed by atoms with van der Waals surface area (Å²) < 4.78 is 10.1. The third kappa shape index (κ3) is 3.38. The number of carboxylic acids is 1. The van der Waals surface area contributed by atoms with Crippen LogP contribution in [0.3, 0.4) is 0 Å². The molecule has 0 saturated heterocycles. The number of hydrogen-bond donors (Lipinski definition) is 1. The summed E-state index contributed by atoms with van der Waals surface area (Å²) in [6, 6.07) is 4.69. The maximum Gasteiger partial charge on any atom is 0.323 e. The summed E-state index contributed by atoms with van der Waals surface area (Å²) in [5.41, 5.74) is 0.315. The van der Waals surface area contributed by atoms with E-state index in [-0.39, 0.29) is 6.54 Å². The van der Waals surface area contributed by atoms with E-state index in [0.717, 1.165) is 4.90 Å². The Morgan fingerprint density at radius 2 is 1.67 bits per heavy atom. The largest absolute Gasteiger partial charge is 0.497 e. The maximum absolute atomic E-state index is 12.0. The van der Waals surface area contributed by atoms with E-state index in [1.165, 1.54) is 33.4 Å². The summed E-state index contributed by atoms with van der Waals surface area (Å²) in [5, 5.41) is 8.64. The van der Waals surface area contributed by atoms with Gasteiger partial charge in [0.2, 0.25) is 0 Å². The average molecular weight is 253 g/mol. The number of carbonyl (C=O) groups is 2. The van der Waals surface area contributed by atoms with Crippen LogP contribution in [0.15, 0.2) is 18.2 Å². The molecule has 0 aliphatic heterocycles. The van der Waals surface area contributed by atoms with Crippen LogP contribution in [0, 0.1) is 0 Å². The fourth-order valence-corrected chi connectivity index (χ4v) is 1.43. The molecule has 0 radical (unpaired) electrons. The highest BCUT2D eigenvalue weighted by Crippen LogP contribution is 2.23. The first-order chi connectivity index (χ1) is 8.47. The summed E-state index contributed by atoms with van der Waals surface area (Å²) in [7, 11) is 4.37. The van der Waals surface area contributed by atoms with Gasteiger partial charge in [0.05, 0.1) is 14.2 Å². The molecule has 0 saturated carbocycles. The van der Waals surface area contributed by atoms with E-state index in [1.807, 2.05) is 0 Å². The number of ether oxygens (including phenoxy) is 2. The Kier molecular flexibility index (Phi) is 4.53. The van der Waals surface area contributed by atoms with Crippen molar-refractivity contribution in [3.05, 3.63) is 23.8 Å². The fourth-order valence-electron chi connectivity index (χ4n) is 1.43. The van der Waals surface area contributed by atoms with Crippen LogP contribution in [0.1, 0.15) is 10.4 Å². The van der Waals surface area contributed by atoms with Gasteiger partial charge in [-0.05, 0) is 12.1 Å². The van der Waals surface area contributed by atoms with Crippen molar-refractivity contribution in [3.63, 3.8) is 0 Å². The van der Waals surface area contributed by atoms with Gasteiger partial charge >= 0.3 is 5.97 Å². The molecule has 0 aliphatic carbocycles. The Balaban J connectivity index is 3.00. The van der Waals surface area contributed by atoms with Gasteiger partial charge in [0, 0.05) is 18.7 Å². The highest BCUT2D eigenvalue weighted by Gasteiger charge is 2.16. The second kappa shape index (κ2) is 5.90. The van der Waals surface area contributed by atoms with Crippen LogP contribution in [0.5, 0.6) is 11.5 Å². The van der Waals surface area contributed by atoms with Gasteiger partial charge < -0.3 is 19.5 Å². The molecule has 6 heteroatoms. The highest BCUT2D eigenvalue weighted by molar-refractivity contribution is 5.96. The normalized spacial score (nSPS) is 9.72. The lowest BCUT2D eigenvalue weighted by molar-refractivity contribution is -0.137. The Morgan fingerprint density at radius 3 is 2.06 bits per heavy atom. The van der Waals surface area contributed by atoms with Gasteiger partial charge in [0.15, 0.2) is 0 Å². The number of benzene rings is 1. The molecule has 0 unspecified atom stereocenters. The predicted molar refractivity (Wildman–Crippen MR) is 64.1 cm³/mol. The van der Waals surface area contributed by atoms with E-state index in [4.69, 9.17) is 14.6 Å². The van der Waals surface area contributed by atoms with Crippen molar-refractivity contribution in [3.8, 4) is 11.5 Å². The summed E-state index contributed by atoms with van der Waals surface area (Å²) in [4.78, 5) is 23.6. The number of carbonyl (C=O) groups excluding carboxylic acids is 1. The van der Waals surface area contributed by atoms with Crippen LogP contribution in [0.25, 0.3) is 0 Å². The molecule has 0 aliphatic rings. The number of rotatable bonds is 5. The van der Waals surface area contributed by atoms with Gasteiger partial charge in [-0.15, -0.1) is 0 Å². The first kappa shape index (κ1) is 13.8. The summed E-state index contributed by atoms with van der Waals surface area (Å²) in [5.74, 6) is -0.529. The van der Waals surface area contributed by atoms with Gasteiger partial charge in [0.1, 0.15) is 18.0 Å². The third-order valence-corrected chi connectivity index (χ3v) is 2.32. The SMILES string of the molecule is COc1cc(OC)cc(C(=O)N(C)CC(=O)O)c1. The fraction of sp³-hybridized carbons (Fsp3) is 0.333. The van der Waals surface area contributed by atoms with E-state index in [9.17, 15) is 9.59 Å². The number of aliphatic carboxylic acids is 1. The van der Waals surface area contributed by atoms with Gasteiger partial charge in [-0.2, -0.15) is 0 Å². The third-order valence-electron chi connectivity index (χ3n) is 2.32. The second-order valence-corrected chi connectivity index (χ2v) is 3.66. The Morgan fingerprint density at radius 1 is 1.17 bits per heavy atom. The van der Waals surface area contributed by atoms with Crippen LogP contribution >= 0.6 is 0 Å². The molecule has 0 atom stereocenters. The zero-order valence-electron chi connectivity index (χ0n) is 10.5. The number of carboxylic acid groups (broad SMARTS) is 1. The number of methoxy groups -OCH3 is 2. The minimum absolute atomic E-state index is 0.315. The van der Waals surface area contributed by atoms with Gasteiger partial charge in [-0.1, -0.05) is 0 Å². The molecule has 1 aromatic rings. The molecule has 0 spiro atoms. The highest BCUT2D eigenvalue weighted by atomic mass is 16.5. The Bertz CT molecular complexity index is 436. The molecule has 0 bridgehead atoms. The average Bonchev–Trinajstić information content (AvgIpc) is 2.36. The summed E-state index contributed by atoms with van der Waals surface area (Å²) >= 11 is 0. The van der Waals surface area contributed by atoms with Gasteiger partial charge in [-0.3, -0.25) is 9.59 Å². The van der Waals surface area contributed by atoms with E-state index < -0.39 is 11.9 Å². The van der Waals surface area contributed by atoms with Crippen molar-refractivity contribution in [1.82, 2.24) is 4.90 Å². The number of likely N-dealkylation sites (N-methyl/N-ethyl adjacent to an activating group) is 1. The molecule has 0 fully saturated rings. The number of hydrogen-bond acceptors (Lipinski definition) is 4. The number of nitrogens with zero attached hydrogens (tertiary/aromatic N) is 1. The Labute approximate surface area is 105 Å².